The highest BCUT2D eigenvalue weighted by Gasteiger charge is 2.32. The van der Waals surface area contributed by atoms with E-state index >= 15 is 0 Å². The molecular weight excluding hydrogens is 376 g/mol. The fraction of sp³-hybridized carbons (Fsp3) is 0.176. The third kappa shape index (κ3) is 3.00. The van der Waals surface area contributed by atoms with Crippen LogP contribution >= 0.6 is 23.2 Å². The van der Waals surface area contributed by atoms with Gasteiger partial charge in [-0.15, -0.1) is 0 Å². The first kappa shape index (κ1) is 17.8. The van der Waals surface area contributed by atoms with Crippen LogP contribution in [-0.2, 0) is 13.2 Å². The average molecular weight is 386 g/mol. The third-order valence-corrected chi connectivity index (χ3v) is 4.45. The maximum absolute atomic E-state index is 13.0. The van der Waals surface area contributed by atoms with E-state index in [9.17, 15) is 18.0 Å². The molecule has 0 fully saturated rings. The lowest BCUT2D eigenvalue weighted by Gasteiger charge is -2.09. The summed E-state index contributed by atoms with van der Waals surface area (Å²) in [5.74, 6) is -0.640. The van der Waals surface area contributed by atoms with Gasteiger partial charge in [-0.25, -0.2) is 4.98 Å². The second-order valence-corrected chi connectivity index (χ2v) is 6.28. The van der Waals surface area contributed by atoms with Gasteiger partial charge in [-0.3, -0.25) is 4.79 Å². The van der Waals surface area contributed by atoms with Gasteiger partial charge in [0, 0.05) is 13.1 Å². The van der Waals surface area contributed by atoms with E-state index in [1.165, 1.54) is 30.7 Å². The Kier molecular flexibility index (Phi) is 4.29. The Labute approximate surface area is 151 Å². The van der Waals surface area contributed by atoms with Crippen LogP contribution < -0.4 is 0 Å². The summed E-state index contributed by atoms with van der Waals surface area (Å²) in [6.07, 6.45) is -4.49. The van der Waals surface area contributed by atoms with Gasteiger partial charge in [0.05, 0.1) is 32.2 Å². The third-order valence-electron chi connectivity index (χ3n) is 3.83. The molecule has 0 aliphatic heterocycles. The fourth-order valence-electron chi connectivity index (χ4n) is 2.59. The Hall–Kier alpha value is -2.05. The van der Waals surface area contributed by atoms with E-state index in [2.05, 4.69) is 11.1 Å². The van der Waals surface area contributed by atoms with Crippen molar-refractivity contribution in [2.75, 3.05) is 0 Å². The Balaban J connectivity index is 2.23. The van der Waals surface area contributed by atoms with E-state index < -0.39 is 17.5 Å². The molecule has 0 amide bonds. The van der Waals surface area contributed by atoms with E-state index in [-0.39, 0.29) is 26.9 Å². The zero-order chi connectivity index (χ0) is 18.5. The number of carbonyl (C=O) groups is 1. The molecule has 3 rings (SSSR count). The number of benzene rings is 2. The van der Waals surface area contributed by atoms with Crippen molar-refractivity contribution in [1.29, 1.82) is 0 Å². The van der Waals surface area contributed by atoms with Crippen LogP contribution in [0, 0.1) is 13.0 Å². The number of ketones is 1. The second kappa shape index (κ2) is 6.04. The van der Waals surface area contributed by atoms with Gasteiger partial charge < -0.3 is 4.57 Å². The standard InChI is InChI=1S/C17H10Cl2F3N2O/c1-8-6-9(17(20,21)22)7-12-14(8)23-16(24(12)2)15(25)13-10(18)4-3-5-11(13)19/h3-4,6-7H,1-2H3. The van der Waals surface area contributed by atoms with E-state index in [0.717, 1.165) is 12.1 Å². The average Bonchev–Trinajstić information content (AvgIpc) is 2.84. The van der Waals surface area contributed by atoms with Crippen molar-refractivity contribution >= 4 is 40.0 Å². The van der Waals surface area contributed by atoms with Gasteiger partial charge in [0.25, 0.3) is 0 Å². The highest BCUT2D eigenvalue weighted by molar-refractivity contribution is 6.40. The van der Waals surface area contributed by atoms with Crippen molar-refractivity contribution in [1.82, 2.24) is 9.55 Å². The first-order valence-corrected chi connectivity index (χ1v) is 7.81. The van der Waals surface area contributed by atoms with Gasteiger partial charge in [-0.2, -0.15) is 13.2 Å². The van der Waals surface area contributed by atoms with E-state index in [1.807, 2.05) is 0 Å². The molecule has 2 aromatic carbocycles. The summed E-state index contributed by atoms with van der Waals surface area (Å²) in [6.45, 7) is 1.51. The summed E-state index contributed by atoms with van der Waals surface area (Å²) in [4.78, 5) is 17.0. The summed E-state index contributed by atoms with van der Waals surface area (Å²) in [5, 5.41) is 0.144. The smallest absolute Gasteiger partial charge is 0.324 e. The van der Waals surface area contributed by atoms with Crippen LogP contribution in [0.4, 0.5) is 13.2 Å². The molecule has 0 N–H and O–H groups in total. The zero-order valence-electron chi connectivity index (χ0n) is 13.0. The minimum absolute atomic E-state index is 0.0120. The number of hydrogen-bond acceptors (Lipinski definition) is 2. The van der Waals surface area contributed by atoms with Crippen LogP contribution in [0.5, 0.6) is 0 Å². The van der Waals surface area contributed by atoms with Gasteiger partial charge >= 0.3 is 6.18 Å². The van der Waals surface area contributed by atoms with Crippen LogP contribution in [0.25, 0.3) is 11.0 Å². The number of alkyl halides is 3. The lowest BCUT2D eigenvalue weighted by Crippen LogP contribution is -2.10. The molecular formula is C17H10Cl2F3N2O. The summed E-state index contributed by atoms with van der Waals surface area (Å²) in [5.41, 5.74) is 0.0340. The SMILES string of the molecule is Cc1cc(C(F)(F)F)cc2c1nc(C(=O)c1c(Cl)[c]ccc1Cl)n2C. The zero-order valence-corrected chi connectivity index (χ0v) is 14.5. The topological polar surface area (TPSA) is 34.9 Å². The maximum atomic E-state index is 13.0. The number of carbonyl (C=O) groups excluding carboxylic acids is 1. The van der Waals surface area contributed by atoms with Crippen molar-refractivity contribution in [2.45, 2.75) is 13.1 Å². The van der Waals surface area contributed by atoms with Crippen LogP contribution in [0.15, 0.2) is 24.3 Å². The van der Waals surface area contributed by atoms with Gasteiger partial charge in [-0.05, 0) is 30.7 Å². The predicted molar refractivity (Wildman–Crippen MR) is 89.2 cm³/mol. The number of imidazole rings is 1. The number of halogens is 5. The van der Waals surface area contributed by atoms with Gasteiger partial charge in [0.2, 0.25) is 5.78 Å². The van der Waals surface area contributed by atoms with Crippen LogP contribution in [0.2, 0.25) is 10.0 Å². The number of aryl methyl sites for hydroxylation is 2. The second-order valence-electron chi connectivity index (χ2n) is 5.50. The molecule has 1 radical (unpaired) electrons. The number of aromatic nitrogens is 2. The quantitative estimate of drug-likeness (QED) is 0.565. The number of nitrogens with zero attached hydrogens (tertiary/aromatic N) is 2. The first-order valence-electron chi connectivity index (χ1n) is 7.06. The minimum Gasteiger partial charge on any atom is -0.324 e. The number of rotatable bonds is 2. The molecule has 0 saturated heterocycles. The lowest BCUT2D eigenvalue weighted by atomic mass is 10.1. The molecule has 0 aliphatic rings. The molecule has 0 spiro atoms. The molecule has 0 bridgehead atoms. The Morgan fingerprint density at radius 3 is 2.56 bits per heavy atom. The molecule has 8 heteroatoms. The Morgan fingerprint density at radius 1 is 1.28 bits per heavy atom. The highest BCUT2D eigenvalue weighted by Crippen LogP contribution is 2.34. The van der Waals surface area contributed by atoms with Crippen molar-refractivity contribution in [2.24, 2.45) is 7.05 Å². The molecule has 1 aromatic heterocycles. The molecule has 3 nitrogen and oxygen atoms in total. The molecule has 3 aromatic rings. The molecule has 129 valence electrons. The molecule has 1 heterocycles. The summed E-state index contributed by atoms with van der Waals surface area (Å²) in [7, 11) is 1.47. The van der Waals surface area contributed by atoms with Crippen molar-refractivity contribution in [3.05, 3.63) is 62.9 Å². The molecule has 0 atom stereocenters. The van der Waals surface area contributed by atoms with E-state index in [0.29, 0.717) is 11.1 Å². The maximum Gasteiger partial charge on any atom is 0.416 e. The molecule has 0 aliphatic carbocycles. The molecule has 0 unspecified atom stereocenters. The monoisotopic (exact) mass is 385 g/mol. The van der Waals surface area contributed by atoms with E-state index in [4.69, 9.17) is 23.2 Å². The Morgan fingerprint density at radius 2 is 1.96 bits per heavy atom. The van der Waals surface area contributed by atoms with Crippen molar-refractivity contribution in [3.8, 4) is 0 Å². The van der Waals surface area contributed by atoms with Crippen LogP contribution in [-0.4, -0.2) is 15.3 Å². The lowest BCUT2D eigenvalue weighted by molar-refractivity contribution is -0.137. The predicted octanol–water partition coefficient (Wildman–Crippen LogP) is 5.24. The largest absolute Gasteiger partial charge is 0.416 e. The van der Waals surface area contributed by atoms with Crippen molar-refractivity contribution in [3.63, 3.8) is 0 Å². The minimum atomic E-state index is -4.49. The summed E-state index contributed by atoms with van der Waals surface area (Å²) >= 11 is 12.0. The van der Waals surface area contributed by atoms with Crippen LogP contribution in [0.1, 0.15) is 27.3 Å². The molecule has 25 heavy (non-hydrogen) atoms. The summed E-state index contributed by atoms with van der Waals surface area (Å²) < 4.78 is 40.4. The fourth-order valence-corrected chi connectivity index (χ4v) is 3.13. The number of fused-ring (bicyclic) bond motifs is 1. The number of hydrogen-bond donors (Lipinski definition) is 0. The van der Waals surface area contributed by atoms with E-state index in [1.54, 1.807) is 0 Å². The Bertz CT molecular complexity index is 989. The highest BCUT2D eigenvalue weighted by atomic mass is 35.5. The summed E-state index contributed by atoms with van der Waals surface area (Å²) in [6, 6.07) is 7.55. The van der Waals surface area contributed by atoms with Crippen LogP contribution in [0.3, 0.4) is 0 Å². The molecule has 0 saturated carbocycles. The van der Waals surface area contributed by atoms with Crippen molar-refractivity contribution < 1.29 is 18.0 Å². The van der Waals surface area contributed by atoms with Gasteiger partial charge in [0.15, 0.2) is 5.82 Å². The van der Waals surface area contributed by atoms with Gasteiger partial charge in [0.1, 0.15) is 0 Å². The normalized spacial score (nSPS) is 12.0. The first-order chi connectivity index (χ1) is 11.6. The van der Waals surface area contributed by atoms with Gasteiger partial charge in [-0.1, -0.05) is 29.3 Å².